The van der Waals surface area contributed by atoms with Crippen LogP contribution in [0.25, 0.3) is 16.7 Å². The van der Waals surface area contributed by atoms with Crippen LogP contribution in [0.5, 0.6) is 6.01 Å². The number of H-pyrrole nitrogens is 1. The Hall–Kier alpha value is -3.33. The third-order valence-corrected chi connectivity index (χ3v) is 4.57. The van der Waals surface area contributed by atoms with E-state index in [-0.39, 0.29) is 6.01 Å². The Labute approximate surface area is 152 Å². The molecule has 26 heavy (non-hydrogen) atoms. The Morgan fingerprint density at radius 3 is 2.65 bits per heavy atom. The first-order valence-corrected chi connectivity index (χ1v) is 8.52. The van der Waals surface area contributed by atoms with E-state index < -0.39 is 6.09 Å². The fourth-order valence-electron chi connectivity index (χ4n) is 2.44. The van der Waals surface area contributed by atoms with Gasteiger partial charge >= 0.3 is 12.1 Å². The Morgan fingerprint density at radius 2 is 1.96 bits per heavy atom. The minimum absolute atomic E-state index is 0.0853. The molecule has 3 N–H and O–H groups in total. The highest BCUT2D eigenvalue weighted by Crippen LogP contribution is 2.30. The van der Waals surface area contributed by atoms with Crippen LogP contribution in [0.15, 0.2) is 58.6 Å². The van der Waals surface area contributed by atoms with Crippen molar-refractivity contribution < 1.29 is 9.53 Å². The standard InChI is InChI=1S/C17H14N6O2S/c1-10-19-9-23(22-10)11-2-4-12(5-3-11)26-13-6-7-14-15(8-13)21-17(20-14)25-16(18)24/h2-9H,1H3,(H2,18,24)(H,20,21). The van der Waals surface area contributed by atoms with Gasteiger partial charge in [0.05, 0.1) is 16.7 Å². The molecule has 0 bridgehead atoms. The van der Waals surface area contributed by atoms with Gasteiger partial charge in [0.25, 0.3) is 0 Å². The second-order valence-corrected chi connectivity index (χ2v) is 6.62. The van der Waals surface area contributed by atoms with Gasteiger partial charge in [-0.05, 0) is 49.4 Å². The summed E-state index contributed by atoms with van der Waals surface area (Å²) in [5.74, 6) is 0.732. The number of nitrogens with one attached hydrogen (secondary N) is 1. The predicted octanol–water partition coefficient (Wildman–Crippen LogP) is 3.06. The first-order valence-electron chi connectivity index (χ1n) is 7.70. The minimum atomic E-state index is -0.902. The fraction of sp³-hybridized carbons (Fsp3) is 0.0588. The zero-order valence-electron chi connectivity index (χ0n) is 13.7. The molecule has 2 heterocycles. The van der Waals surface area contributed by atoms with Gasteiger partial charge in [-0.1, -0.05) is 11.8 Å². The molecular weight excluding hydrogens is 352 g/mol. The van der Waals surface area contributed by atoms with E-state index in [0.717, 1.165) is 26.8 Å². The van der Waals surface area contributed by atoms with E-state index in [2.05, 4.69) is 20.1 Å². The lowest BCUT2D eigenvalue weighted by atomic mass is 10.3. The van der Waals surface area contributed by atoms with Crippen LogP contribution in [0.1, 0.15) is 5.82 Å². The summed E-state index contributed by atoms with van der Waals surface area (Å²) in [5, 5.41) is 4.29. The number of aromatic amines is 1. The maximum atomic E-state index is 10.8. The Bertz CT molecular complexity index is 1090. The van der Waals surface area contributed by atoms with Crippen molar-refractivity contribution in [3.63, 3.8) is 0 Å². The van der Waals surface area contributed by atoms with E-state index in [1.54, 1.807) is 22.8 Å². The molecule has 0 spiro atoms. The Morgan fingerprint density at radius 1 is 1.19 bits per heavy atom. The number of imidazole rings is 1. The number of hydrogen-bond acceptors (Lipinski definition) is 6. The number of fused-ring (bicyclic) bond motifs is 1. The smallest absolute Gasteiger partial charge is 0.376 e. The van der Waals surface area contributed by atoms with E-state index in [1.165, 1.54) is 0 Å². The van der Waals surface area contributed by atoms with Crippen molar-refractivity contribution in [3.05, 3.63) is 54.6 Å². The molecule has 4 aromatic rings. The fourth-order valence-corrected chi connectivity index (χ4v) is 3.29. The van der Waals surface area contributed by atoms with Crippen LogP contribution in [0, 0.1) is 6.92 Å². The number of carbonyl (C=O) groups excluding carboxylic acids is 1. The number of amides is 1. The molecule has 0 aliphatic heterocycles. The van der Waals surface area contributed by atoms with E-state index in [1.807, 2.05) is 49.4 Å². The van der Waals surface area contributed by atoms with Gasteiger partial charge in [-0.3, -0.25) is 0 Å². The first-order chi connectivity index (χ1) is 12.6. The van der Waals surface area contributed by atoms with Gasteiger partial charge in [0.15, 0.2) is 0 Å². The zero-order chi connectivity index (χ0) is 18.1. The first kappa shape index (κ1) is 16.2. The van der Waals surface area contributed by atoms with Crippen molar-refractivity contribution >= 4 is 28.9 Å². The van der Waals surface area contributed by atoms with Crippen molar-refractivity contribution in [1.29, 1.82) is 0 Å². The molecule has 4 rings (SSSR count). The molecule has 9 heteroatoms. The van der Waals surface area contributed by atoms with Crippen molar-refractivity contribution in [2.75, 3.05) is 0 Å². The monoisotopic (exact) mass is 366 g/mol. The summed E-state index contributed by atoms with van der Waals surface area (Å²) in [4.78, 5) is 24.1. The second kappa shape index (κ2) is 6.52. The number of benzene rings is 2. The van der Waals surface area contributed by atoms with Crippen LogP contribution in [0.3, 0.4) is 0 Å². The van der Waals surface area contributed by atoms with Gasteiger partial charge in [-0.2, -0.15) is 10.1 Å². The summed E-state index contributed by atoms with van der Waals surface area (Å²) >= 11 is 1.60. The lowest BCUT2D eigenvalue weighted by Crippen LogP contribution is -2.16. The second-order valence-electron chi connectivity index (χ2n) is 5.47. The van der Waals surface area contributed by atoms with E-state index in [4.69, 9.17) is 10.5 Å². The maximum Gasteiger partial charge on any atom is 0.412 e. The summed E-state index contributed by atoms with van der Waals surface area (Å²) in [6, 6.07) is 13.9. The largest absolute Gasteiger partial charge is 0.412 e. The van der Waals surface area contributed by atoms with Crippen LogP contribution in [-0.2, 0) is 0 Å². The third-order valence-electron chi connectivity index (χ3n) is 3.57. The van der Waals surface area contributed by atoms with Gasteiger partial charge in [0.1, 0.15) is 12.2 Å². The number of hydrogen-bond donors (Lipinski definition) is 2. The topological polar surface area (TPSA) is 112 Å². The van der Waals surface area contributed by atoms with E-state index in [0.29, 0.717) is 5.52 Å². The number of primary amides is 1. The highest BCUT2D eigenvalue weighted by Gasteiger charge is 2.08. The van der Waals surface area contributed by atoms with Crippen LogP contribution in [-0.4, -0.2) is 30.8 Å². The molecule has 0 saturated carbocycles. The van der Waals surface area contributed by atoms with Gasteiger partial charge in [-0.15, -0.1) is 0 Å². The highest BCUT2D eigenvalue weighted by molar-refractivity contribution is 7.99. The van der Waals surface area contributed by atoms with E-state index >= 15 is 0 Å². The molecule has 8 nitrogen and oxygen atoms in total. The number of rotatable bonds is 4. The van der Waals surface area contributed by atoms with Gasteiger partial charge in [0.2, 0.25) is 0 Å². The predicted molar refractivity (Wildman–Crippen MR) is 96.5 cm³/mol. The molecule has 1 amide bonds. The molecule has 130 valence electrons. The number of aromatic nitrogens is 5. The van der Waals surface area contributed by atoms with Gasteiger partial charge in [-0.25, -0.2) is 14.5 Å². The lowest BCUT2D eigenvalue weighted by Gasteiger charge is -2.04. The normalized spacial score (nSPS) is 11.0. The van der Waals surface area contributed by atoms with Crippen LogP contribution >= 0.6 is 11.8 Å². The van der Waals surface area contributed by atoms with Gasteiger partial charge < -0.3 is 15.5 Å². The molecule has 0 saturated heterocycles. The molecule has 0 atom stereocenters. The number of nitrogens with two attached hydrogens (primary N) is 1. The zero-order valence-corrected chi connectivity index (χ0v) is 14.5. The molecule has 0 fully saturated rings. The van der Waals surface area contributed by atoms with Crippen LogP contribution in [0.4, 0.5) is 4.79 Å². The average Bonchev–Trinajstić information content (AvgIpc) is 3.20. The lowest BCUT2D eigenvalue weighted by molar-refractivity contribution is 0.207. The number of carbonyl (C=O) groups is 1. The Kier molecular flexibility index (Phi) is 4.05. The van der Waals surface area contributed by atoms with Crippen molar-refractivity contribution in [2.45, 2.75) is 16.7 Å². The Balaban J connectivity index is 1.53. The van der Waals surface area contributed by atoms with Crippen molar-refractivity contribution in [1.82, 2.24) is 24.7 Å². The van der Waals surface area contributed by atoms with Crippen LogP contribution in [0.2, 0.25) is 0 Å². The average molecular weight is 366 g/mol. The minimum Gasteiger partial charge on any atom is -0.376 e. The molecule has 0 radical (unpaired) electrons. The summed E-state index contributed by atoms with van der Waals surface area (Å²) in [7, 11) is 0. The quantitative estimate of drug-likeness (QED) is 0.574. The van der Waals surface area contributed by atoms with Crippen molar-refractivity contribution in [3.8, 4) is 11.7 Å². The van der Waals surface area contributed by atoms with Crippen molar-refractivity contribution in [2.24, 2.45) is 5.73 Å². The summed E-state index contributed by atoms with van der Waals surface area (Å²) < 4.78 is 6.50. The molecule has 2 aromatic heterocycles. The molecule has 0 aliphatic rings. The van der Waals surface area contributed by atoms with Crippen LogP contribution < -0.4 is 10.5 Å². The maximum absolute atomic E-state index is 10.8. The number of ether oxygens (including phenoxy) is 1. The van der Waals surface area contributed by atoms with Gasteiger partial charge in [0, 0.05) is 9.79 Å². The molecule has 2 aromatic carbocycles. The summed E-state index contributed by atoms with van der Waals surface area (Å²) in [6.07, 6.45) is 0.788. The summed E-state index contributed by atoms with van der Waals surface area (Å²) in [5.41, 5.74) is 7.41. The number of nitrogens with zero attached hydrogens (tertiary/aromatic N) is 4. The number of aryl methyl sites for hydroxylation is 1. The SMILES string of the molecule is Cc1ncn(-c2ccc(Sc3ccc4[nH]c(OC(N)=O)nc4c3)cc2)n1. The van der Waals surface area contributed by atoms with E-state index in [9.17, 15) is 4.79 Å². The molecule has 0 aliphatic carbocycles. The highest BCUT2D eigenvalue weighted by atomic mass is 32.2. The molecule has 0 unspecified atom stereocenters. The summed E-state index contributed by atoms with van der Waals surface area (Å²) in [6.45, 7) is 1.85. The third kappa shape index (κ3) is 3.38. The molecular formula is C17H14N6O2S.